The van der Waals surface area contributed by atoms with Gasteiger partial charge in [-0.3, -0.25) is 0 Å². The van der Waals surface area contributed by atoms with Crippen molar-refractivity contribution in [2.45, 2.75) is 17.7 Å². The molecule has 0 fully saturated rings. The topological polar surface area (TPSA) is 30.5 Å². The number of ether oxygens (including phenoxy) is 2. The van der Waals surface area contributed by atoms with Crippen molar-refractivity contribution >= 4 is 21.6 Å². The first-order chi connectivity index (χ1) is 9.70. The standard InChI is InChI=1S/C16H19BrNO2.Y/c1-12-15(17)8-9-16(18-12)13-4-6-14(7-5-13)20-11-3-10-19-2;/h4-7,15,18H,1,3,8,10-11H2,2H3;/q-1;. The molecule has 111 valence electrons. The second kappa shape index (κ2) is 9.78. The van der Waals surface area contributed by atoms with E-state index >= 15 is 0 Å². The van der Waals surface area contributed by atoms with E-state index in [1.165, 1.54) is 0 Å². The van der Waals surface area contributed by atoms with Gasteiger partial charge in [0, 0.05) is 63.4 Å². The predicted molar refractivity (Wildman–Crippen MR) is 84.7 cm³/mol. The van der Waals surface area contributed by atoms with Crippen LogP contribution < -0.4 is 10.1 Å². The van der Waals surface area contributed by atoms with Crippen LogP contribution in [0.25, 0.3) is 5.70 Å². The minimum atomic E-state index is 0. The van der Waals surface area contributed by atoms with Gasteiger partial charge >= 0.3 is 0 Å². The zero-order valence-electron chi connectivity index (χ0n) is 12.2. The van der Waals surface area contributed by atoms with E-state index < -0.39 is 0 Å². The van der Waals surface area contributed by atoms with Gasteiger partial charge in [0.2, 0.25) is 0 Å². The van der Waals surface area contributed by atoms with Crippen LogP contribution in [0, 0.1) is 6.08 Å². The third kappa shape index (κ3) is 5.86. The summed E-state index contributed by atoms with van der Waals surface area (Å²) in [4.78, 5) is 0.259. The van der Waals surface area contributed by atoms with Gasteiger partial charge in [-0.15, -0.1) is 17.8 Å². The minimum Gasteiger partial charge on any atom is -0.494 e. The largest absolute Gasteiger partial charge is 0.494 e. The van der Waals surface area contributed by atoms with Crippen LogP contribution >= 0.6 is 15.9 Å². The van der Waals surface area contributed by atoms with Crippen molar-refractivity contribution in [3.05, 3.63) is 48.2 Å². The molecule has 21 heavy (non-hydrogen) atoms. The number of hydrogen-bond donors (Lipinski definition) is 1. The monoisotopic (exact) mass is 425 g/mol. The van der Waals surface area contributed by atoms with Crippen molar-refractivity contribution in [2.75, 3.05) is 20.3 Å². The number of hydrogen-bond acceptors (Lipinski definition) is 3. The number of methoxy groups -OCH3 is 1. The Kier molecular flexibility index (Phi) is 8.80. The Bertz CT molecular complexity index is 488. The van der Waals surface area contributed by atoms with E-state index in [1.54, 1.807) is 7.11 Å². The quantitative estimate of drug-likeness (QED) is 0.429. The number of rotatable bonds is 6. The zero-order chi connectivity index (χ0) is 14.4. The third-order valence-corrected chi connectivity index (χ3v) is 3.90. The Morgan fingerprint density at radius 1 is 1.33 bits per heavy atom. The van der Waals surface area contributed by atoms with Gasteiger partial charge in [-0.1, -0.05) is 28.9 Å². The average Bonchev–Trinajstić information content (AvgIpc) is 2.47. The maximum atomic E-state index is 5.63. The van der Waals surface area contributed by atoms with Crippen LogP contribution in [0.3, 0.4) is 0 Å². The molecule has 1 unspecified atom stereocenters. The molecule has 1 aromatic rings. The number of benzene rings is 1. The molecule has 1 atom stereocenters. The first-order valence-corrected chi connectivity index (χ1v) is 7.55. The predicted octanol–water partition coefficient (Wildman–Crippen LogP) is 3.51. The van der Waals surface area contributed by atoms with E-state index in [4.69, 9.17) is 9.47 Å². The summed E-state index contributed by atoms with van der Waals surface area (Å²) in [5, 5.41) is 3.27. The second-order valence-electron chi connectivity index (χ2n) is 4.59. The fraction of sp³-hybridized carbons (Fsp3) is 0.375. The Balaban J connectivity index is 0.00000220. The van der Waals surface area contributed by atoms with Crippen molar-refractivity contribution in [1.82, 2.24) is 5.32 Å². The zero-order valence-corrected chi connectivity index (χ0v) is 16.6. The van der Waals surface area contributed by atoms with E-state index in [0.717, 1.165) is 42.2 Å². The van der Waals surface area contributed by atoms with Crippen molar-refractivity contribution in [2.24, 2.45) is 0 Å². The Labute approximate surface area is 160 Å². The van der Waals surface area contributed by atoms with Gasteiger partial charge in [0.15, 0.2) is 0 Å². The van der Waals surface area contributed by atoms with E-state index in [1.807, 2.05) is 24.3 Å². The van der Waals surface area contributed by atoms with Crippen LogP contribution in [0.1, 0.15) is 18.4 Å². The molecule has 0 spiro atoms. The molecule has 0 saturated carbocycles. The van der Waals surface area contributed by atoms with Crippen molar-refractivity contribution in [3.8, 4) is 5.75 Å². The third-order valence-electron chi connectivity index (χ3n) is 3.03. The normalized spacial score (nSPS) is 17.5. The molecule has 0 aromatic heterocycles. The summed E-state index contributed by atoms with van der Waals surface area (Å²) >= 11 is 3.54. The van der Waals surface area contributed by atoms with E-state index in [-0.39, 0.29) is 37.5 Å². The molecule has 1 N–H and O–H groups in total. The minimum absolute atomic E-state index is 0. The van der Waals surface area contributed by atoms with Gasteiger partial charge in [-0.2, -0.15) is 5.56 Å². The summed E-state index contributed by atoms with van der Waals surface area (Å²) < 4.78 is 10.6. The van der Waals surface area contributed by atoms with E-state index in [0.29, 0.717) is 6.61 Å². The summed E-state index contributed by atoms with van der Waals surface area (Å²) in [5.74, 6) is 0.874. The maximum Gasteiger partial charge on any atom is 0.116 e. The van der Waals surface area contributed by atoms with Crippen LogP contribution in [0.4, 0.5) is 0 Å². The van der Waals surface area contributed by atoms with Crippen molar-refractivity contribution < 1.29 is 42.2 Å². The Morgan fingerprint density at radius 3 is 2.67 bits per heavy atom. The summed E-state index contributed by atoms with van der Waals surface area (Å²) in [5.41, 5.74) is 3.05. The first kappa shape index (κ1) is 18.9. The molecule has 1 aromatic carbocycles. The van der Waals surface area contributed by atoms with Crippen LogP contribution in [0.5, 0.6) is 5.75 Å². The van der Waals surface area contributed by atoms with Gasteiger partial charge in [-0.05, 0) is 12.1 Å². The molecule has 1 aliphatic rings. The van der Waals surface area contributed by atoms with Crippen LogP contribution in [0.2, 0.25) is 0 Å². The van der Waals surface area contributed by atoms with Crippen LogP contribution in [0.15, 0.2) is 36.5 Å². The van der Waals surface area contributed by atoms with Gasteiger partial charge in [0.05, 0.1) is 6.61 Å². The fourth-order valence-electron chi connectivity index (χ4n) is 1.88. The fourth-order valence-corrected chi connectivity index (χ4v) is 2.16. The smallest absolute Gasteiger partial charge is 0.116 e. The molecular weight excluding hydrogens is 407 g/mol. The van der Waals surface area contributed by atoms with Gasteiger partial charge < -0.3 is 14.8 Å². The maximum absolute atomic E-state index is 5.63. The molecular formula is C16H19BrNO2Y-. The molecule has 0 aliphatic carbocycles. The summed E-state index contributed by atoms with van der Waals surface area (Å²) in [6.07, 6.45) is 5.06. The van der Waals surface area contributed by atoms with E-state index in [2.05, 4.69) is 33.9 Å². The van der Waals surface area contributed by atoms with Gasteiger partial charge in [0.1, 0.15) is 5.75 Å². The van der Waals surface area contributed by atoms with Crippen LogP contribution in [-0.4, -0.2) is 25.2 Å². The first-order valence-electron chi connectivity index (χ1n) is 6.63. The molecule has 5 heteroatoms. The second-order valence-corrected chi connectivity index (χ2v) is 5.70. The van der Waals surface area contributed by atoms with E-state index in [9.17, 15) is 0 Å². The van der Waals surface area contributed by atoms with Gasteiger partial charge in [-0.25, -0.2) is 6.08 Å². The molecule has 1 aliphatic heterocycles. The summed E-state index contributed by atoms with van der Waals surface area (Å²) in [6.45, 7) is 5.38. The molecule has 1 radical (unpaired) electrons. The average molecular weight is 426 g/mol. The van der Waals surface area contributed by atoms with Crippen molar-refractivity contribution in [1.29, 1.82) is 0 Å². The summed E-state index contributed by atoms with van der Waals surface area (Å²) in [7, 11) is 1.70. The van der Waals surface area contributed by atoms with Gasteiger partial charge in [0.25, 0.3) is 0 Å². The molecule has 1 heterocycles. The molecule has 0 saturated heterocycles. The molecule has 0 amide bonds. The molecule has 2 rings (SSSR count). The Hall–Kier alpha value is -0.156. The number of allylic oxidation sites excluding steroid dienone is 2. The Morgan fingerprint density at radius 2 is 2.05 bits per heavy atom. The summed E-state index contributed by atoms with van der Waals surface area (Å²) in [6, 6.07) is 8.01. The molecule has 0 bridgehead atoms. The number of alkyl halides is 1. The van der Waals surface area contributed by atoms with Crippen molar-refractivity contribution in [3.63, 3.8) is 0 Å². The number of nitrogens with one attached hydrogen (secondary N) is 1. The van der Waals surface area contributed by atoms with Crippen LogP contribution in [-0.2, 0) is 37.4 Å². The molecule has 3 nitrogen and oxygen atoms in total. The SMILES string of the molecule is C=C1NC(c2ccc(OCCCOC)cc2)=[C-]CC1Br.[Y]. The number of halogens is 1.